The molecule has 51 heavy (non-hydrogen) atoms. The minimum Gasteiger partial charge on any atom is -0.872 e. The summed E-state index contributed by atoms with van der Waals surface area (Å²) in [5.41, 5.74) is 1.63. The maximum atomic E-state index is 11.7. The van der Waals surface area contributed by atoms with Crippen molar-refractivity contribution in [2.45, 2.75) is 101 Å². The molecule has 0 aliphatic heterocycles. The largest absolute Gasteiger partial charge is 2.00 e. The smallest absolute Gasteiger partial charge is 0.872 e. The average Bonchev–Trinajstić information content (AvgIpc) is 3.05. The number of phenolic OH excluding ortho intramolecular Hbond substituents is 1. The number of unbranched alkanes of at least 4 members (excludes halogenated alkanes) is 8. The van der Waals surface area contributed by atoms with Crippen LogP contribution >= 0.6 is 0 Å². The first-order valence-corrected chi connectivity index (χ1v) is 19.8. The average molecular weight is 767 g/mol. The van der Waals surface area contributed by atoms with Gasteiger partial charge in [-0.15, -0.1) is 5.75 Å². The van der Waals surface area contributed by atoms with Gasteiger partial charge < -0.3 is 24.2 Å². The van der Waals surface area contributed by atoms with Gasteiger partial charge in [-0.3, -0.25) is 4.55 Å². The van der Waals surface area contributed by atoms with Gasteiger partial charge in [-0.2, -0.15) is 8.42 Å². The van der Waals surface area contributed by atoms with Crippen molar-refractivity contribution in [1.29, 1.82) is 0 Å². The molecule has 0 radical (unpaired) electrons. The molecule has 0 aliphatic rings. The quantitative estimate of drug-likeness (QED) is 0.0568. The zero-order valence-corrected chi connectivity index (χ0v) is 33.1. The molecule has 4 rings (SSSR count). The fourth-order valence-electron chi connectivity index (χ4n) is 5.19. The van der Waals surface area contributed by atoms with Crippen molar-refractivity contribution in [3.05, 3.63) is 96.1 Å². The molecule has 4 aromatic carbocycles. The third-order valence-electron chi connectivity index (χ3n) is 7.78. The van der Waals surface area contributed by atoms with Crippen LogP contribution in [0.25, 0.3) is 0 Å². The number of phenols is 1. The maximum Gasteiger partial charge on any atom is 2.00 e. The molecule has 272 valence electrons. The normalized spacial score (nSPS) is 11.2. The number of aromatic hydroxyl groups is 1. The van der Waals surface area contributed by atoms with Crippen molar-refractivity contribution in [3.8, 4) is 34.5 Å². The van der Waals surface area contributed by atoms with E-state index in [-0.39, 0.29) is 77.1 Å². The third-order valence-corrected chi connectivity index (χ3v) is 9.51. The molecule has 0 spiro atoms. The van der Waals surface area contributed by atoms with Crippen molar-refractivity contribution in [1.82, 2.24) is 0 Å². The monoisotopic (exact) mass is 766 g/mol. The van der Waals surface area contributed by atoms with E-state index in [1.165, 1.54) is 86.3 Å². The molecule has 2 N–H and O–H groups in total. The zero-order chi connectivity index (χ0) is 36.6. The summed E-state index contributed by atoms with van der Waals surface area (Å²) >= 11 is 0. The van der Waals surface area contributed by atoms with Crippen molar-refractivity contribution >= 4 is 58.0 Å². The Hall–Kier alpha value is -2.84. The molecule has 0 bridgehead atoms. The summed E-state index contributed by atoms with van der Waals surface area (Å²) in [6, 6.07) is 21.1. The van der Waals surface area contributed by atoms with Crippen LogP contribution in [0, 0.1) is 0 Å². The van der Waals surface area contributed by atoms with Crippen LogP contribution in [0.4, 0.5) is 0 Å². The number of aryl methyl sites for hydroxylation is 2. The van der Waals surface area contributed by atoms with Crippen LogP contribution in [0.2, 0.25) is 0 Å². The second-order valence-electron chi connectivity index (χ2n) is 12.0. The first-order chi connectivity index (χ1) is 23.8. The number of hydrogen-bond acceptors (Lipinski definition) is 9. The van der Waals surface area contributed by atoms with E-state index >= 15 is 0 Å². The van der Waals surface area contributed by atoms with Crippen LogP contribution in [-0.2, 0) is 33.1 Å². The van der Waals surface area contributed by atoms with Crippen molar-refractivity contribution < 1.29 is 45.6 Å². The van der Waals surface area contributed by atoms with E-state index in [2.05, 4.69) is 13.8 Å². The molecule has 13 heteroatoms. The molecule has 10 nitrogen and oxygen atoms in total. The van der Waals surface area contributed by atoms with Crippen LogP contribution in [0.15, 0.2) is 94.7 Å². The SMILES string of the molecule is CCCCCCCc1ccc(Oc2cccc(O)c2)c(S(=O)(=O)O)c1.CCCCCCCc1ccc(Oc2cccc([O-])c2)c(S(=O)(=O)[O-])c1.[Ca+2]. The van der Waals surface area contributed by atoms with E-state index in [1.807, 2.05) is 0 Å². The Kier molecular flexibility index (Phi) is 19.4. The predicted molar refractivity (Wildman–Crippen MR) is 195 cm³/mol. The maximum absolute atomic E-state index is 11.7. The van der Waals surface area contributed by atoms with E-state index in [0.29, 0.717) is 6.42 Å². The van der Waals surface area contributed by atoms with Crippen LogP contribution < -0.4 is 14.6 Å². The molecular weight excluding hydrogens is 721 g/mol. The third kappa shape index (κ3) is 16.2. The molecular formula is C38H46CaO10S2. The summed E-state index contributed by atoms with van der Waals surface area (Å²) in [5.74, 6) is 0.211. The molecule has 0 fully saturated rings. The molecule has 0 aliphatic carbocycles. The fraction of sp³-hybridized carbons (Fsp3) is 0.368. The van der Waals surface area contributed by atoms with Crippen molar-refractivity contribution in [3.63, 3.8) is 0 Å². The van der Waals surface area contributed by atoms with E-state index < -0.39 is 25.1 Å². The topological polar surface area (TPSA) is 173 Å². The first kappa shape index (κ1) is 44.3. The summed E-state index contributed by atoms with van der Waals surface area (Å²) in [6.45, 7) is 4.30. The van der Waals surface area contributed by atoms with E-state index in [4.69, 9.17) is 9.47 Å². The Labute approximate surface area is 332 Å². The number of benzene rings is 4. The summed E-state index contributed by atoms with van der Waals surface area (Å²) < 4.78 is 78.6. The minimum absolute atomic E-state index is 0. The Morgan fingerprint density at radius 3 is 1.55 bits per heavy atom. The van der Waals surface area contributed by atoms with Crippen LogP contribution in [0.5, 0.6) is 34.5 Å². The van der Waals surface area contributed by atoms with Crippen LogP contribution in [-0.4, -0.2) is 68.8 Å². The second kappa shape index (κ2) is 22.3. The second-order valence-corrected chi connectivity index (χ2v) is 14.7. The zero-order valence-electron chi connectivity index (χ0n) is 29.3. The van der Waals surface area contributed by atoms with Crippen molar-refractivity contribution in [2.24, 2.45) is 0 Å². The minimum atomic E-state index is -4.68. The molecule has 0 saturated carbocycles. The molecule has 0 atom stereocenters. The van der Waals surface area contributed by atoms with Crippen LogP contribution in [0.3, 0.4) is 0 Å². The Morgan fingerprint density at radius 2 is 1.08 bits per heavy atom. The van der Waals surface area contributed by atoms with Gasteiger partial charge in [0.2, 0.25) is 0 Å². The summed E-state index contributed by atoms with van der Waals surface area (Å²) in [5, 5.41) is 20.8. The molecule has 4 aromatic rings. The van der Waals surface area contributed by atoms with Gasteiger partial charge in [0.05, 0.1) is 4.90 Å². The van der Waals surface area contributed by atoms with E-state index in [1.54, 1.807) is 24.3 Å². The number of ether oxygens (including phenoxy) is 2. The van der Waals surface area contributed by atoms with E-state index in [9.17, 15) is 36.2 Å². The number of hydrogen-bond donors (Lipinski definition) is 2. The van der Waals surface area contributed by atoms with Gasteiger partial charge in [-0.05, 0) is 85.3 Å². The molecule has 0 heterocycles. The Bertz CT molecular complexity index is 1740. The molecule has 0 unspecified atom stereocenters. The first-order valence-electron chi connectivity index (χ1n) is 16.9. The molecule has 0 saturated heterocycles. The summed E-state index contributed by atoms with van der Waals surface area (Å²) in [7, 11) is -9.09. The van der Waals surface area contributed by atoms with Gasteiger partial charge in [0.1, 0.15) is 43.8 Å². The Morgan fingerprint density at radius 1 is 0.608 bits per heavy atom. The van der Waals surface area contributed by atoms with Crippen LogP contribution in [0.1, 0.15) is 89.2 Å². The fourth-order valence-corrected chi connectivity index (χ4v) is 6.50. The van der Waals surface area contributed by atoms with Gasteiger partial charge in [0, 0.05) is 6.07 Å². The predicted octanol–water partition coefficient (Wildman–Crippen LogP) is 8.53. The summed E-state index contributed by atoms with van der Waals surface area (Å²) in [4.78, 5) is -0.656. The van der Waals surface area contributed by atoms with Gasteiger partial charge in [0.15, 0.2) is 0 Å². The van der Waals surface area contributed by atoms with Gasteiger partial charge >= 0.3 is 37.7 Å². The van der Waals surface area contributed by atoms with Gasteiger partial charge in [0.25, 0.3) is 10.1 Å². The molecule has 0 aromatic heterocycles. The molecule has 0 amide bonds. The van der Waals surface area contributed by atoms with Gasteiger partial charge in [-0.1, -0.05) is 95.5 Å². The van der Waals surface area contributed by atoms with Gasteiger partial charge in [-0.25, -0.2) is 8.42 Å². The van der Waals surface area contributed by atoms with E-state index in [0.717, 1.165) is 56.1 Å². The Balaban J connectivity index is 0.000000347. The number of rotatable bonds is 18. The standard InChI is InChI=1S/2C19H24O5S.Ca/c2*1-2-3-4-5-6-8-15-11-12-18(19(13-15)25(21,22)23)24-17-10-7-9-16(20)14-17;/h2*7,9-14,20H,2-6,8H2,1H3,(H,21,22,23);/q;;+2/p-2. The van der Waals surface area contributed by atoms with Crippen molar-refractivity contribution in [2.75, 3.05) is 0 Å². The summed E-state index contributed by atoms with van der Waals surface area (Å²) in [6.07, 6.45) is 12.6.